The maximum atomic E-state index is 11.8. The molecular formula is C16H26N4O. The molecule has 1 aromatic rings. The predicted octanol–water partition coefficient (Wildman–Crippen LogP) is 1.48. The average Bonchev–Trinajstić information content (AvgIpc) is 2.90. The Labute approximate surface area is 126 Å². The van der Waals surface area contributed by atoms with E-state index in [-0.39, 0.29) is 5.41 Å². The highest BCUT2D eigenvalue weighted by Gasteiger charge is 2.25. The van der Waals surface area contributed by atoms with Gasteiger partial charge < -0.3 is 16.4 Å². The van der Waals surface area contributed by atoms with Crippen molar-refractivity contribution in [3.63, 3.8) is 0 Å². The summed E-state index contributed by atoms with van der Waals surface area (Å²) >= 11 is 0. The maximum absolute atomic E-state index is 11.8. The zero-order valence-electron chi connectivity index (χ0n) is 13.3. The molecule has 1 aliphatic carbocycles. The van der Waals surface area contributed by atoms with Gasteiger partial charge >= 0.3 is 0 Å². The molecule has 0 bridgehead atoms. The van der Waals surface area contributed by atoms with Gasteiger partial charge in [0.15, 0.2) is 0 Å². The minimum atomic E-state index is -0.406. The quantitative estimate of drug-likeness (QED) is 0.831. The molecule has 0 saturated heterocycles. The molecule has 2 rings (SSSR count). The maximum Gasteiger partial charge on any atom is 0.252 e. The molecule has 0 atom stereocenters. The van der Waals surface area contributed by atoms with Crippen molar-refractivity contribution >= 4 is 11.7 Å². The van der Waals surface area contributed by atoms with Crippen molar-refractivity contribution in [3.8, 4) is 0 Å². The second kappa shape index (κ2) is 6.02. The fraction of sp³-hybridized carbons (Fsp3) is 0.625. The smallest absolute Gasteiger partial charge is 0.252 e. The molecule has 21 heavy (non-hydrogen) atoms. The van der Waals surface area contributed by atoms with Gasteiger partial charge in [-0.2, -0.15) is 0 Å². The number of hydrogen-bond donors (Lipinski definition) is 2. The van der Waals surface area contributed by atoms with Gasteiger partial charge in [-0.3, -0.25) is 4.79 Å². The second-order valence-corrected chi connectivity index (χ2v) is 6.57. The van der Waals surface area contributed by atoms with Gasteiger partial charge in [0.05, 0.1) is 5.56 Å². The van der Waals surface area contributed by atoms with E-state index in [0.29, 0.717) is 17.9 Å². The Morgan fingerprint density at radius 3 is 2.71 bits per heavy atom. The van der Waals surface area contributed by atoms with E-state index in [1.54, 1.807) is 0 Å². The van der Waals surface area contributed by atoms with Crippen LogP contribution < -0.4 is 16.4 Å². The predicted molar refractivity (Wildman–Crippen MR) is 85.5 cm³/mol. The molecule has 0 aromatic carbocycles. The third-order valence-electron chi connectivity index (χ3n) is 4.15. The van der Waals surface area contributed by atoms with Gasteiger partial charge in [-0.05, 0) is 49.8 Å². The van der Waals surface area contributed by atoms with E-state index in [2.05, 4.69) is 25.7 Å². The van der Waals surface area contributed by atoms with Gasteiger partial charge in [0.25, 0.3) is 5.91 Å². The molecule has 1 amide bonds. The van der Waals surface area contributed by atoms with Gasteiger partial charge in [0.2, 0.25) is 0 Å². The normalized spacial score (nSPS) is 14.1. The van der Waals surface area contributed by atoms with Crippen LogP contribution >= 0.6 is 0 Å². The standard InChI is InChI=1S/C16H26N4O/c1-4-20(10-16(2,3)9-17)15-12(14(18)21)8-11-6-5-7-13(11)19-15/h8H,4-7,9-10,17H2,1-3H3,(H2,18,21). The Hall–Kier alpha value is -1.62. The molecule has 0 aliphatic heterocycles. The first-order chi connectivity index (χ1) is 9.88. The first kappa shape index (κ1) is 15.8. The molecule has 0 saturated carbocycles. The van der Waals surface area contributed by atoms with E-state index < -0.39 is 5.91 Å². The number of anilines is 1. The molecule has 0 radical (unpaired) electrons. The number of carbonyl (C=O) groups is 1. The number of primary amides is 1. The van der Waals surface area contributed by atoms with Crippen molar-refractivity contribution in [3.05, 3.63) is 22.9 Å². The average molecular weight is 290 g/mol. The van der Waals surface area contributed by atoms with Crippen molar-refractivity contribution in [2.45, 2.75) is 40.0 Å². The topological polar surface area (TPSA) is 85.2 Å². The van der Waals surface area contributed by atoms with Crippen LogP contribution in [0.5, 0.6) is 0 Å². The summed E-state index contributed by atoms with van der Waals surface area (Å²) in [4.78, 5) is 18.7. The van der Waals surface area contributed by atoms with Gasteiger partial charge in [-0.25, -0.2) is 4.98 Å². The Morgan fingerprint density at radius 2 is 2.14 bits per heavy atom. The summed E-state index contributed by atoms with van der Waals surface area (Å²) in [6, 6.07) is 1.94. The number of nitrogens with zero attached hydrogens (tertiary/aromatic N) is 2. The van der Waals surface area contributed by atoms with E-state index in [9.17, 15) is 4.79 Å². The van der Waals surface area contributed by atoms with Crippen molar-refractivity contribution < 1.29 is 4.79 Å². The molecule has 0 unspecified atom stereocenters. The van der Waals surface area contributed by atoms with Crippen LogP contribution in [0, 0.1) is 5.41 Å². The molecule has 1 aliphatic rings. The fourth-order valence-corrected chi connectivity index (χ4v) is 2.80. The Balaban J connectivity index is 2.42. The van der Waals surface area contributed by atoms with Gasteiger partial charge in [0.1, 0.15) is 5.82 Å². The van der Waals surface area contributed by atoms with Crippen LogP contribution in [-0.4, -0.2) is 30.5 Å². The lowest BCUT2D eigenvalue weighted by Gasteiger charge is -2.33. The third kappa shape index (κ3) is 3.35. The van der Waals surface area contributed by atoms with Gasteiger partial charge in [-0.15, -0.1) is 0 Å². The summed E-state index contributed by atoms with van der Waals surface area (Å²) in [6.07, 6.45) is 3.08. The molecule has 116 valence electrons. The summed E-state index contributed by atoms with van der Waals surface area (Å²) < 4.78 is 0. The first-order valence-electron chi connectivity index (χ1n) is 7.65. The largest absolute Gasteiger partial charge is 0.365 e. The summed E-state index contributed by atoms with van der Waals surface area (Å²) in [5.41, 5.74) is 14.2. The van der Waals surface area contributed by atoms with Crippen LogP contribution in [0.3, 0.4) is 0 Å². The molecule has 1 heterocycles. The second-order valence-electron chi connectivity index (χ2n) is 6.57. The van der Waals surface area contributed by atoms with Gasteiger partial charge in [0, 0.05) is 18.8 Å². The van der Waals surface area contributed by atoms with Crippen molar-refractivity contribution in [1.29, 1.82) is 0 Å². The highest BCUT2D eigenvalue weighted by atomic mass is 16.1. The Kier molecular flexibility index (Phi) is 4.52. The lowest BCUT2D eigenvalue weighted by Crippen LogP contribution is -2.40. The number of amides is 1. The van der Waals surface area contributed by atoms with E-state index in [4.69, 9.17) is 16.5 Å². The molecule has 5 heteroatoms. The minimum absolute atomic E-state index is 0.0361. The number of carbonyl (C=O) groups excluding carboxylic acids is 1. The lowest BCUT2D eigenvalue weighted by atomic mass is 9.93. The van der Waals surface area contributed by atoms with Crippen molar-refractivity contribution in [1.82, 2.24) is 4.98 Å². The molecule has 5 nitrogen and oxygen atoms in total. The molecule has 4 N–H and O–H groups in total. The Morgan fingerprint density at radius 1 is 1.43 bits per heavy atom. The van der Waals surface area contributed by atoms with Crippen LogP contribution in [0.2, 0.25) is 0 Å². The highest BCUT2D eigenvalue weighted by molar-refractivity contribution is 5.98. The number of hydrogen-bond acceptors (Lipinski definition) is 4. The van der Waals surface area contributed by atoms with Crippen LogP contribution in [0.25, 0.3) is 0 Å². The SMILES string of the molecule is CCN(CC(C)(C)CN)c1nc2c(cc1C(N)=O)CCC2. The van der Waals surface area contributed by atoms with E-state index in [1.165, 1.54) is 5.56 Å². The monoisotopic (exact) mass is 290 g/mol. The molecule has 0 spiro atoms. The summed E-state index contributed by atoms with van der Waals surface area (Å²) in [6.45, 7) is 8.41. The highest BCUT2D eigenvalue weighted by Crippen LogP contribution is 2.29. The van der Waals surface area contributed by atoms with Crippen molar-refractivity contribution in [2.75, 3.05) is 24.5 Å². The zero-order valence-corrected chi connectivity index (χ0v) is 13.3. The lowest BCUT2D eigenvalue weighted by molar-refractivity contribution is 0.1000. The zero-order chi connectivity index (χ0) is 15.6. The number of aryl methyl sites for hydroxylation is 2. The number of rotatable bonds is 6. The summed E-state index contributed by atoms with van der Waals surface area (Å²) in [7, 11) is 0. The summed E-state index contributed by atoms with van der Waals surface area (Å²) in [5, 5.41) is 0. The number of pyridine rings is 1. The van der Waals surface area contributed by atoms with E-state index in [1.807, 2.05) is 6.07 Å². The van der Waals surface area contributed by atoms with E-state index in [0.717, 1.165) is 38.0 Å². The molecule has 1 aromatic heterocycles. The van der Waals surface area contributed by atoms with Gasteiger partial charge in [-0.1, -0.05) is 13.8 Å². The first-order valence-corrected chi connectivity index (χ1v) is 7.65. The molecule has 0 fully saturated rings. The van der Waals surface area contributed by atoms with Crippen LogP contribution in [0.15, 0.2) is 6.07 Å². The van der Waals surface area contributed by atoms with E-state index >= 15 is 0 Å². The van der Waals surface area contributed by atoms with Crippen LogP contribution in [0.4, 0.5) is 5.82 Å². The van der Waals surface area contributed by atoms with Crippen LogP contribution in [0.1, 0.15) is 48.8 Å². The molecular weight excluding hydrogens is 264 g/mol. The van der Waals surface area contributed by atoms with Crippen LogP contribution in [-0.2, 0) is 12.8 Å². The fourth-order valence-electron chi connectivity index (χ4n) is 2.80. The van der Waals surface area contributed by atoms with Crippen molar-refractivity contribution in [2.24, 2.45) is 16.9 Å². The third-order valence-corrected chi connectivity index (χ3v) is 4.15. The number of aromatic nitrogens is 1. The Bertz CT molecular complexity index is 539. The number of fused-ring (bicyclic) bond motifs is 1. The number of nitrogens with two attached hydrogens (primary N) is 2. The minimum Gasteiger partial charge on any atom is -0.365 e. The summed E-state index contributed by atoms with van der Waals surface area (Å²) in [5.74, 6) is 0.309.